The molecule has 0 spiro atoms. The Kier molecular flexibility index (Phi) is 6.03. The fraction of sp³-hybridized carbons (Fsp3) is 0.292. The minimum Gasteiger partial charge on any atom is -0.325 e. The summed E-state index contributed by atoms with van der Waals surface area (Å²) in [6, 6.07) is 14.2. The predicted molar refractivity (Wildman–Crippen MR) is 130 cm³/mol. The number of anilines is 3. The van der Waals surface area contributed by atoms with Crippen molar-refractivity contribution in [3.8, 4) is 11.3 Å². The number of benzene rings is 2. The van der Waals surface area contributed by atoms with Crippen LogP contribution in [0, 0.1) is 0 Å². The van der Waals surface area contributed by atoms with Gasteiger partial charge in [-0.15, -0.1) is 0 Å². The molecule has 0 radical (unpaired) electrons. The SMILES string of the molecule is CCN1CCN(S(=O)(=O)c2ccc(Nc3ncc4c(n3)-c3ccccc3NC(=O)C4)cc2)CC1. The van der Waals surface area contributed by atoms with E-state index in [0.717, 1.165) is 30.8 Å². The lowest BCUT2D eigenvalue weighted by molar-refractivity contribution is -0.115. The molecule has 0 aliphatic carbocycles. The first-order valence-corrected chi connectivity index (χ1v) is 12.7. The van der Waals surface area contributed by atoms with E-state index in [-0.39, 0.29) is 17.2 Å². The zero-order valence-electron chi connectivity index (χ0n) is 18.9. The summed E-state index contributed by atoms with van der Waals surface area (Å²) in [5.74, 6) is 0.262. The summed E-state index contributed by atoms with van der Waals surface area (Å²) in [6.45, 7) is 5.50. The van der Waals surface area contributed by atoms with E-state index in [1.165, 1.54) is 0 Å². The maximum absolute atomic E-state index is 13.0. The average molecular weight is 479 g/mol. The largest absolute Gasteiger partial charge is 0.325 e. The topological polar surface area (TPSA) is 108 Å². The first-order valence-electron chi connectivity index (χ1n) is 11.3. The highest BCUT2D eigenvalue weighted by Gasteiger charge is 2.28. The van der Waals surface area contributed by atoms with E-state index in [9.17, 15) is 13.2 Å². The van der Waals surface area contributed by atoms with Gasteiger partial charge in [0.2, 0.25) is 21.9 Å². The molecule has 2 aliphatic rings. The van der Waals surface area contributed by atoms with Crippen LogP contribution in [0.15, 0.2) is 59.6 Å². The third kappa shape index (κ3) is 4.39. The lowest BCUT2D eigenvalue weighted by Gasteiger charge is -2.33. The Bertz CT molecular complexity index is 1320. The van der Waals surface area contributed by atoms with Gasteiger partial charge in [0.05, 0.1) is 22.7 Å². The van der Waals surface area contributed by atoms with Crippen LogP contribution in [0.3, 0.4) is 0 Å². The van der Waals surface area contributed by atoms with Crippen molar-refractivity contribution in [2.24, 2.45) is 0 Å². The van der Waals surface area contributed by atoms with Gasteiger partial charge < -0.3 is 15.5 Å². The third-order valence-corrected chi connectivity index (χ3v) is 8.11. The van der Waals surface area contributed by atoms with Crippen LogP contribution >= 0.6 is 0 Å². The molecule has 2 aliphatic heterocycles. The Hall–Kier alpha value is -3.34. The van der Waals surface area contributed by atoms with Gasteiger partial charge >= 0.3 is 0 Å². The molecule has 9 nitrogen and oxygen atoms in total. The van der Waals surface area contributed by atoms with Gasteiger partial charge in [0.25, 0.3) is 0 Å². The molecule has 3 aromatic rings. The van der Waals surface area contributed by atoms with E-state index in [0.29, 0.717) is 36.1 Å². The lowest BCUT2D eigenvalue weighted by Crippen LogP contribution is -2.48. The number of hydrogen-bond acceptors (Lipinski definition) is 7. The normalized spacial score (nSPS) is 16.8. The third-order valence-electron chi connectivity index (χ3n) is 6.20. The number of aromatic nitrogens is 2. The zero-order chi connectivity index (χ0) is 23.7. The molecule has 0 unspecified atom stereocenters. The summed E-state index contributed by atoms with van der Waals surface area (Å²) in [7, 11) is -3.53. The van der Waals surface area contributed by atoms with Crippen molar-refractivity contribution in [1.29, 1.82) is 0 Å². The van der Waals surface area contributed by atoms with Gasteiger partial charge in [-0.2, -0.15) is 4.31 Å². The Morgan fingerprint density at radius 1 is 1.03 bits per heavy atom. The number of hydrogen-bond donors (Lipinski definition) is 2. The fourth-order valence-corrected chi connectivity index (χ4v) is 5.69. The second kappa shape index (κ2) is 9.13. The van der Waals surface area contributed by atoms with Crippen LogP contribution in [0.1, 0.15) is 12.5 Å². The van der Waals surface area contributed by atoms with Crippen molar-refractivity contribution in [3.05, 3.63) is 60.3 Å². The summed E-state index contributed by atoms with van der Waals surface area (Å²) in [5, 5.41) is 6.05. The van der Waals surface area contributed by atoms with E-state index >= 15 is 0 Å². The number of carbonyl (C=O) groups excluding carboxylic acids is 1. The van der Waals surface area contributed by atoms with E-state index in [1.54, 1.807) is 34.8 Å². The van der Waals surface area contributed by atoms with Crippen molar-refractivity contribution in [2.45, 2.75) is 18.2 Å². The maximum Gasteiger partial charge on any atom is 0.243 e. The number of likely N-dealkylation sites (N-methyl/N-ethyl adjacent to an activating group) is 1. The molecule has 0 atom stereocenters. The highest BCUT2D eigenvalue weighted by atomic mass is 32.2. The molecule has 10 heteroatoms. The molecule has 1 amide bonds. The number of rotatable bonds is 5. The second-order valence-electron chi connectivity index (χ2n) is 8.33. The summed E-state index contributed by atoms with van der Waals surface area (Å²) in [6.07, 6.45) is 1.85. The van der Waals surface area contributed by atoms with Crippen LogP contribution in [0.25, 0.3) is 11.3 Å². The standard InChI is InChI=1S/C24H26N6O3S/c1-2-29-11-13-30(14-12-29)34(32,33)19-9-7-18(8-10-19)26-24-25-16-17-15-22(31)27-21-6-4-3-5-20(21)23(17)28-24/h3-10,16H,2,11-15H2,1H3,(H,27,31)(H,25,26,28). The van der Waals surface area contributed by atoms with Gasteiger partial charge in [-0.25, -0.2) is 18.4 Å². The van der Waals surface area contributed by atoms with Crippen LogP contribution in [0.5, 0.6) is 0 Å². The number of amides is 1. The number of para-hydroxylation sites is 1. The van der Waals surface area contributed by atoms with E-state index < -0.39 is 10.0 Å². The van der Waals surface area contributed by atoms with Crippen molar-refractivity contribution >= 4 is 33.3 Å². The highest BCUT2D eigenvalue weighted by Crippen LogP contribution is 2.33. The molecule has 2 aromatic carbocycles. The first-order chi connectivity index (χ1) is 16.4. The molecule has 5 rings (SSSR count). The van der Waals surface area contributed by atoms with E-state index in [2.05, 4.69) is 32.4 Å². The van der Waals surface area contributed by atoms with Crippen LogP contribution in [0.4, 0.5) is 17.3 Å². The number of piperazine rings is 1. The Morgan fingerprint density at radius 3 is 2.50 bits per heavy atom. The monoisotopic (exact) mass is 478 g/mol. The van der Waals surface area contributed by atoms with Crippen molar-refractivity contribution in [1.82, 2.24) is 19.2 Å². The summed E-state index contributed by atoms with van der Waals surface area (Å²) >= 11 is 0. The quantitative estimate of drug-likeness (QED) is 0.581. The number of carbonyl (C=O) groups is 1. The number of nitrogens with one attached hydrogen (secondary N) is 2. The molecule has 176 valence electrons. The Morgan fingerprint density at radius 2 is 1.76 bits per heavy atom. The van der Waals surface area contributed by atoms with Crippen LogP contribution in [0.2, 0.25) is 0 Å². The van der Waals surface area contributed by atoms with Crippen molar-refractivity contribution < 1.29 is 13.2 Å². The molecule has 1 fully saturated rings. The van der Waals surface area contributed by atoms with E-state index in [1.807, 2.05) is 24.3 Å². The van der Waals surface area contributed by atoms with Crippen molar-refractivity contribution in [2.75, 3.05) is 43.4 Å². The number of fused-ring (bicyclic) bond motifs is 3. The Labute approximate surface area is 198 Å². The average Bonchev–Trinajstić information content (AvgIpc) is 2.99. The molecule has 1 saturated heterocycles. The minimum absolute atomic E-state index is 0.108. The molecule has 3 heterocycles. The molecule has 34 heavy (non-hydrogen) atoms. The predicted octanol–water partition coefficient (Wildman–Crippen LogP) is 2.71. The van der Waals surface area contributed by atoms with Crippen LogP contribution < -0.4 is 10.6 Å². The minimum atomic E-state index is -3.53. The second-order valence-corrected chi connectivity index (χ2v) is 10.3. The molecule has 1 aromatic heterocycles. The smallest absolute Gasteiger partial charge is 0.243 e. The molecule has 0 bridgehead atoms. The van der Waals surface area contributed by atoms with Gasteiger partial charge in [-0.05, 0) is 36.9 Å². The summed E-state index contributed by atoms with van der Waals surface area (Å²) in [4.78, 5) is 23.7. The van der Waals surface area contributed by atoms with Gasteiger partial charge in [0, 0.05) is 49.2 Å². The van der Waals surface area contributed by atoms with Gasteiger partial charge in [0.15, 0.2) is 0 Å². The van der Waals surface area contributed by atoms with Crippen LogP contribution in [-0.2, 0) is 21.2 Å². The van der Waals surface area contributed by atoms with Gasteiger partial charge in [0.1, 0.15) is 0 Å². The van der Waals surface area contributed by atoms with Crippen molar-refractivity contribution in [3.63, 3.8) is 0 Å². The molecule has 0 saturated carbocycles. The molecular formula is C24H26N6O3S. The highest BCUT2D eigenvalue weighted by molar-refractivity contribution is 7.89. The zero-order valence-corrected chi connectivity index (χ0v) is 19.7. The summed E-state index contributed by atoms with van der Waals surface area (Å²) in [5.41, 5.74) is 3.66. The van der Waals surface area contributed by atoms with Gasteiger partial charge in [-0.1, -0.05) is 25.1 Å². The maximum atomic E-state index is 13.0. The number of sulfonamides is 1. The van der Waals surface area contributed by atoms with Crippen LogP contribution in [-0.4, -0.2) is 66.2 Å². The Balaban J connectivity index is 1.36. The van der Waals surface area contributed by atoms with Gasteiger partial charge in [-0.3, -0.25) is 4.79 Å². The molecule has 2 N–H and O–H groups in total. The number of nitrogens with zero attached hydrogens (tertiary/aromatic N) is 4. The molecular weight excluding hydrogens is 452 g/mol. The first kappa shape index (κ1) is 22.5. The summed E-state index contributed by atoms with van der Waals surface area (Å²) < 4.78 is 27.6. The van der Waals surface area contributed by atoms with E-state index in [4.69, 9.17) is 0 Å². The fourth-order valence-electron chi connectivity index (χ4n) is 4.27. The lowest BCUT2D eigenvalue weighted by atomic mass is 10.1.